The predicted molar refractivity (Wildman–Crippen MR) is 82.6 cm³/mol. The molecule has 22 heavy (non-hydrogen) atoms. The van der Waals surface area contributed by atoms with Crippen LogP contribution in [-0.2, 0) is 16.6 Å². The molecule has 5 rings (SSSR count). The van der Waals surface area contributed by atoms with E-state index in [2.05, 4.69) is 23.5 Å². The summed E-state index contributed by atoms with van der Waals surface area (Å²) >= 11 is 0. The molecule has 4 heteroatoms. The first-order chi connectivity index (χ1) is 10.8. The predicted octanol–water partition coefficient (Wildman–Crippen LogP) is 1.81. The summed E-state index contributed by atoms with van der Waals surface area (Å²) in [6, 6.07) is 4.77. The third-order valence-electron chi connectivity index (χ3n) is 6.14. The van der Waals surface area contributed by atoms with Crippen LogP contribution in [0.1, 0.15) is 17.5 Å². The van der Waals surface area contributed by atoms with E-state index in [0.717, 1.165) is 30.9 Å². The number of rotatable bonds is 2. The van der Waals surface area contributed by atoms with Crippen molar-refractivity contribution in [1.29, 1.82) is 0 Å². The van der Waals surface area contributed by atoms with Crippen LogP contribution in [-0.4, -0.2) is 39.0 Å². The minimum atomic E-state index is 0.0121. The van der Waals surface area contributed by atoms with E-state index >= 15 is 0 Å². The average Bonchev–Trinajstić information content (AvgIpc) is 2.88. The molecule has 2 bridgehead atoms. The van der Waals surface area contributed by atoms with Gasteiger partial charge in [-0.2, -0.15) is 0 Å². The standard InChI is InChI=1S/C18H21NO3/c1-20-13-5-3-10-9-12-11-4-6-14(21-2)17-18(11,7-8-19-12)15(10)16(13)22-17/h3-6,11-12,14,17,19H,7-9H2,1-2H3/t11?,12?,14-,17-,18-/m0/s1. The van der Waals surface area contributed by atoms with E-state index in [4.69, 9.17) is 14.2 Å². The van der Waals surface area contributed by atoms with Crippen LogP contribution >= 0.6 is 0 Å². The van der Waals surface area contributed by atoms with Gasteiger partial charge in [-0.25, -0.2) is 0 Å². The van der Waals surface area contributed by atoms with Gasteiger partial charge in [0.1, 0.15) is 12.2 Å². The molecule has 0 saturated carbocycles. The smallest absolute Gasteiger partial charge is 0.165 e. The molecule has 0 aromatic heterocycles. The fraction of sp³-hybridized carbons (Fsp3) is 0.556. The number of methoxy groups -OCH3 is 2. The van der Waals surface area contributed by atoms with Gasteiger partial charge in [0.05, 0.1) is 7.11 Å². The van der Waals surface area contributed by atoms with E-state index in [0.29, 0.717) is 12.0 Å². The highest BCUT2D eigenvalue weighted by atomic mass is 16.6. The highest BCUT2D eigenvalue weighted by Crippen LogP contribution is 2.61. The van der Waals surface area contributed by atoms with E-state index < -0.39 is 0 Å². The quantitative estimate of drug-likeness (QED) is 0.846. The molecule has 1 saturated heterocycles. The van der Waals surface area contributed by atoms with Crippen LogP contribution in [0.5, 0.6) is 11.5 Å². The number of ether oxygens (including phenoxy) is 3. The van der Waals surface area contributed by atoms with Gasteiger partial charge in [-0.15, -0.1) is 0 Å². The first kappa shape index (κ1) is 13.0. The van der Waals surface area contributed by atoms with Gasteiger partial charge >= 0.3 is 0 Å². The zero-order chi connectivity index (χ0) is 14.9. The van der Waals surface area contributed by atoms with Crippen molar-refractivity contribution < 1.29 is 14.2 Å². The molecule has 1 aromatic carbocycles. The van der Waals surface area contributed by atoms with Gasteiger partial charge in [-0.1, -0.05) is 18.2 Å². The van der Waals surface area contributed by atoms with Crippen LogP contribution < -0.4 is 14.8 Å². The lowest BCUT2D eigenvalue weighted by atomic mass is 9.53. The summed E-state index contributed by atoms with van der Waals surface area (Å²) in [4.78, 5) is 0. The Morgan fingerprint density at radius 2 is 2.18 bits per heavy atom. The van der Waals surface area contributed by atoms with E-state index in [1.54, 1.807) is 14.2 Å². The van der Waals surface area contributed by atoms with Crippen LogP contribution in [0.25, 0.3) is 0 Å². The molecule has 4 aliphatic rings. The summed E-state index contributed by atoms with van der Waals surface area (Å²) in [5.41, 5.74) is 2.85. The van der Waals surface area contributed by atoms with E-state index in [1.807, 2.05) is 6.07 Å². The summed E-state index contributed by atoms with van der Waals surface area (Å²) in [7, 11) is 3.50. The normalized spacial score (nSPS) is 40.1. The molecule has 1 N–H and O–H groups in total. The van der Waals surface area contributed by atoms with Gasteiger partial charge in [0, 0.05) is 30.0 Å². The zero-order valence-corrected chi connectivity index (χ0v) is 13.0. The van der Waals surface area contributed by atoms with E-state index in [9.17, 15) is 0 Å². The Morgan fingerprint density at radius 1 is 1.27 bits per heavy atom. The largest absolute Gasteiger partial charge is 0.493 e. The molecule has 1 fully saturated rings. The van der Waals surface area contributed by atoms with Gasteiger partial charge in [0.15, 0.2) is 11.5 Å². The second-order valence-electron chi connectivity index (χ2n) is 6.84. The lowest BCUT2D eigenvalue weighted by Crippen LogP contribution is -2.64. The number of hydrogen-bond acceptors (Lipinski definition) is 4. The summed E-state index contributed by atoms with van der Waals surface area (Å²) in [6.07, 6.45) is 6.78. The molecule has 2 aliphatic heterocycles. The van der Waals surface area contributed by atoms with Gasteiger partial charge in [-0.05, 0) is 31.0 Å². The number of piperidine rings is 1. The first-order valence-corrected chi connectivity index (χ1v) is 8.11. The highest BCUT2D eigenvalue weighted by Gasteiger charge is 2.63. The fourth-order valence-corrected chi connectivity index (χ4v) is 5.31. The molecule has 1 aromatic rings. The Labute approximate surface area is 130 Å². The van der Waals surface area contributed by atoms with Crippen molar-refractivity contribution in [3.05, 3.63) is 35.4 Å². The van der Waals surface area contributed by atoms with Gasteiger partial charge in [-0.3, -0.25) is 0 Å². The number of benzene rings is 1. The molecular weight excluding hydrogens is 278 g/mol. The fourth-order valence-electron chi connectivity index (χ4n) is 5.31. The third kappa shape index (κ3) is 1.32. The Hall–Kier alpha value is -1.52. The van der Waals surface area contributed by atoms with Crippen molar-refractivity contribution in [3.8, 4) is 11.5 Å². The van der Waals surface area contributed by atoms with Crippen molar-refractivity contribution in [3.63, 3.8) is 0 Å². The minimum Gasteiger partial charge on any atom is -0.493 e. The Balaban J connectivity index is 1.81. The zero-order valence-electron chi connectivity index (χ0n) is 13.0. The minimum absolute atomic E-state index is 0.0121. The lowest BCUT2D eigenvalue weighted by molar-refractivity contribution is -0.0362. The highest BCUT2D eigenvalue weighted by molar-refractivity contribution is 5.62. The van der Waals surface area contributed by atoms with Gasteiger partial charge in [0.25, 0.3) is 0 Å². The van der Waals surface area contributed by atoms with Gasteiger partial charge in [0.2, 0.25) is 0 Å². The molecule has 2 aliphatic carbocycles. The molecule has 2 heterocycles. The van der Waals surface area contributed by atoms with Crippen LogP contribution in [0.15, 0.2) is 24.3 Å². The second-order valence-corrected chi connectivity index (χ2v) is 6.84. The molecular formula is C18H21NO3. The maximum Gasteiger partial charge on any atom is 0.165 e. The molecule has 0 amide bonds. The van der Waals surface area contributed by atoms with E-state index in [-0.39, 0.29) is 17.6 Å². The van der Waals surface area contributed by atoms with Crippen molar-refractivity contribution in [2.24, 2.45) is 5.92 Å². The Morgan fingerprint density at radius 3 is 3.00 bits per heavy atom. The molecule has 5 atom stereocenters. The van der Waals surface area contributed by atoms with E-state index in [1.165, 1.54) is 11.1 Å². The third-order valence-corrected chi connectivity index (χ3v) is 6.14. The summed E-state index contributed by atoms with van der Waals surface area (Å²) in [5.74, 6) is 2.30. The van der Waals surface area contributed by atoms with Crippen LogP contribution in [0.3, 0.4) is 0 Å². The van der Waals surface area contributed by atoms with Crippen LogP contribution in [0, 0.1) is 5.92 Å². The Kier molecular flexibility index (Phi) is 2.52. The molecule has 4 nitrogen and oxygen atoms in total. The number of hydrogen-bond donors (Lipinski definition) is 1. The van der Waals surface area contributed by atoms with Crippen molar-refractivity contribution in [2.75, 3.05) is 20.8 Å². The molecule has 0 radical (unpaired) electrons. The van der Waals surface area contributed by atoms with Crippen LogP contribution in [0.4, 0.5) is 0 Å². The van der Waals surface area contributed by atoms with Crippen LogP contribution in [0.2, 0.25) is 0 Å². The lowest BCUT2D eigenvalue weighted by Gasteiger charge is -2.54. The summed E-state index contributed by atoms with van der Waals surface area (Å²) in [5, 5.41) is 3.71. The number of nitrogens with one attached hydrogen (secondary N) is 1. The molecule has 1 spiro atoms. The summed E-state index contributed by atoms with van der Waals surface area (Å²) < 4.78 is 17.8. The monoisotopic (exact) mass is 299 g/mol. The first-order valence-electron chi connectivity index (χ1n) is 8.11. The van der Waals surface area contributed by atoms with Crippen molar-refractivity contribution in [2.45, 2.75) is 36.5 Å². The second kappa shape index (κ2) is 4.27. The Bertz CT molecular complexity index is 671. The summed E-state index contributed by atoms with van der Waals surface area (Å²) in [6.45, 7) is 1.04. The van der Waals surface area contributed by atoms with Crippen molar-refractivity contribution >= 4 is 0 Å². The molecule has 2 unspecified atom stereocenters. The topological polar surface area (TPSA) is 39.7 Å². The SMILES string of the molecule is COc1ccc2c3c1O[C@H]1[C@@H](OC)C=CC4C(C2)NCC[C@@]341. The van der Waals surface area contributed by atoms with Crippen molar-refractivity contribution in [1.82, 2.24) is 5.32 Å². The van der Waals surface area contributed by atoms with Gasteiger partial charge < -0.3 is 19.5 Å². The maximum absolute atomic E-state index is 6.48. The molecule has 116 valence electrons. The maximum atomic E-state index is 6.48. The average molecular weight is 299 g/mol.